The maximum absolute atomic E-state index is 6.34. The molecule has 3 aromatic heterocycles. The van der Waals surface area contributed by atoms with Crippen molar-refractivity contribution < 1.29 is 0 Å². The molecule has 0 amide bonds. The average molecular weight is 347 g/mol. The van der Waals surface area contributed by atoms with Crippen LogP contribution in [0.3, 0.4) is 0 Å². The van der Waals surface area contributed by atoms with Gasteiger partial charge in [0.1, 0.15) is 11.9 Å². The van der Waals surface area contributed by atoms with E-state index in [9.17, 15) is 0 Å². The van der Waals surface area contributed by atoms with Crippen LogP contribution in [0.2, 0.25) is 0 Å². The Morgan fingerprint density at radius 2 is 2.12 bits per heavy atom. The van der Waals surface area contributed by atoms with Crippen molar-refractivity contribution in [3.63, 3.8) is 0 Å². The first kappa shape index (κ1) is 14.6. The summed E-state index contributed by atoms with van der Waals surface area (Å²) in [5.74, 6) is 1.76. The normalized spacial score (nSPS) is 19.8. The van der Waals surface area contributed by atoms with Crippen molar-refractivity contribution in [2.24, 2.45) is 15.7 Å². The number of rotatable bonds is 3. The third kappa shape index (κ3) is 2.49. The number of nitrogens with zero attached hydrogens (tertiary/aromatic N) is 3. The van der Waals surface area contributed by atoms with Crippen molar-refractivity contribution in [2.45, 2.75) is 24.8 Å². The maximum Gasteiger partial charge on any atom is 0.163 e. The SMILES string of the molecule is NC1=Nc2nccc(C3CC3)c2C(c2cc[nH]c2)=NC1c1cccs1. The minimum absolute atomic E-state index is 0.272. The summed E-state index contributed by atoms with van der Waals surface area (Å²) in [4.78, 5) is 18.5. The van der Waals surface area contributed by atoms with Gasteiger partial charge in [0, 0.05) is 34.6 Å². The van der Waals surface area contributed by atoms with Crippen molar-refractivity contribution in [3.8, 4) is 0 Å². The Hall–Kier alpha value is -2.73. The largest absolute Gasteiger partial charge is 0.385 e. The molecule has 0 saturated heterocycles. The van der Waals surface area contributed by atoms with Gasteiger partial charge in [-0.05, 0) is 47.9 Å². The molecule has 0 aromatic carbocycles. The number of pyridine rings is 1. The summed E-state index contributed by atoms with van der Waals surface area (Å²) in [7, 11) is 0. The van der Waals surface area contributed by atoms with Gasteiger partial charge in [-0.2, -0.15) is 0 Å². The zero-order valence-corrected chi connectivity index (χ0v) is 14.3. The van der Waals surface area contributed by atoms with E-state index >= 15 is 0 Å². The number of thiophene rings is 1. The van der Waals surface area contributed by atoms with E-state index in [-0.39, 0.29) is 6.04 Å². The highest BCUT2D eigenvalue weighted by Gasteiger charge is 2.32. The quantitative estimate of drug-likeness (QED) is 0.753. The van der Waals surface area contributed by atoms with Gasteiger partial charge in [0.05, 0.1) is 5.71 Å². The van der Waals surface area contributed by atoms with E-state index < -0.39 is 0 Å². The molecule has 1 fully saturated rings. The third-order valence-corrected chi connectivity index (χ3v) is 5.60. The lowest BCUT2D eigenvalue weighted by Gasteiger charge is -2.13. The molecule has 124 valence electrons. The van der Waals surface area contributed by atoms with Crippen molar-refractivity contribution in [1.82, 2.24) is 9.97 Å². The molecular weight excluding hydrogens is 330 g/mol. The van der Waals surface area contributed by atoms with Gasteiger partial charge in [-0.25, -0.2) is 9.98 Å². The van der Waals surface area contributed by atoms with E-state index in [0.717, 1.165) is 21.7 Å². The van der Waals surface area contributed by atoms with Gasteiger partial charge in [0.15, 0.2) is 5.82 Å². The summed E-state index contributed by atoms with van der Waals surface area (Å²) in [5.41, 5.74) is 10.6. The minimum Gasteiger partial charge on any atom is -0.385 e. The molecule has 25 heavy (non-hydrogen) atoms. The number of fused-ring (bicyclic) bond motifs is 1. The van der Waals surface area contributed by atoms with E-state index in [1.807, 2.05) is 36.1 Å². The first-order valence-corrected chi connectivity index (χ1v) is 9.27. The summed E-state index contributed by atoms with van der Waals surface area (Å²) in [6.07, 6.45) is 8.15. The number of aromatic amines is 1. The maximum atomic E-state index is 6.34. The Kier molecular flexibility index (Phi) is 3.31. The minimum atomic E-state index is -0.272. The van der Waals surface area contributed by atoms with Gasteiger partial charge in [0.25, 0.3) is 0 Å². The fraction of sp³-hybridized carbons (Fsp3) is 0.211. The highest BCUT2D eigenvalue weighted by atomic mass is 32.1. The number of aromatic nitrogens is 2. The van der Waals surface area contributed by atoms with Crippen LogP contribution in [0.25, 0.3) is 0 Å². The van der Waals surface area contributed by atoms with E-state index in [2.05, 4.69) is 27.1 Å². The third-order valence-electron chi connectivity index (χ3n) is 4.67. The summed E-state index contributed by atoms with van der Waals surface area (Å²) >= 11 is 1.65. The van der Waals surface area contributed by atoms with Crippen LogP contribution < -0.4 is 5.73 Å². The molecule has 3 aromatic rings. The van der Waals surface area contributed by atoms with Crippen LogP contribution in [0, 0.1) is 0 Å². The van der Waals surface area contributed by atoms with Crippen LogP contribution in [-0.2, 0) is 0 Å². The Labute approximate surface area is 149 Å². The lowest BCUT2D eigenvalue weighted by molar-refractivity contribution is 0.977. The molecule has 1 unspecified atom stereocenters. The predicted octanol–water partition coefficient (Wildman–Crippen LogP) is 3.93. The molecule has 1 atom stereocenters. The summed E-state index contributed by atoms with van der Waals surface area (Å²) in [6.45, 7) is 0. The summed E-state index contributed by atoms with van der Waals surface area (Å²) in [6, 6.07) is 7.95. The second-order valence-corrected chi connectivity index (χ2v) is 7.38. The van der Waals surface area contributed by atoms with E-state index in [1.165, 1.54) is 18.4 Å². The average Bonchev–Trinajstić information content (AvgIpc) is 3.11. The second-order valence-electron chi connectivity index (χ2n) is 6.41. The number of nitrogens with two attached hydrogens (primary N) is 1. The molecule has 6 heteroatoms. The van der Waals surface area contributed by atoms with Gasteiger partial charge in [-0.1, -0.05) is 6.07 Å². The van der Waals surface area contributed by atoms with Gasteiger partial charge in [-0.15, -0.1) is 11.3 Å². The number of aliphatic imine (C=N–C) groups is 2. The van der Waals surface area contributed by atoms with Crippen LogP contribution in [0.5, 0.6) is 0 Å². The Balaban J connectivity index is 1.78. The van der Waals surface area contributed by atoms with Gasteiger partial charge < -0.3 is 10.7 Å². The van der Waals surface area contributed by atoms with Crippen LogP contribution in [-0.4, -0.2) is 21.5 Å². The number of hydrogen-bond donors (Lipinski definition) is 2. The van der Waals surface area contributed by atoms with Crippen LogP contribution in [0.4, 0.5) is 5.82 Å². The van der Waals surface area contributed by atoms with E-state index in [1.54, 1.807) is 11.3 Å². The number of amidine groups is 1. The predicted molar refractivity (Wildman–Crippen MR) is 101 cm³/mol. The van der Waals surface area contributed by atoms with Crippen molar-refractivity contribution in [3.05, 3.63) is 69.8 Å². The molecular formula is C19H17N5S. The zero-order chi connectivity index (χ0) is 16.8. The molecule has 5 rings (SSSR count). The fourth-order valence-corrected chi connectivity index (χ4v) is 4.09. The number of H-pyrrole nitrogens is 1. The first-order chi connectivity index (χ1) is 12.3. The molecule has 0 spiro atoms. The van der Waals surface area contributed by atoms with E-state index in [0.29, 0.717) is 17.6 Å². The molecule has 5 nitrogen and oxygen atoms in total. The first-order valence-electron chi connectivity index (χ1n) is 8.39. The van der Waals surface area contributed by atoms with Crippen LogP contribution in [0.1, 0.15) is 46.4 Å². The smallest absolute Gasteiger partial charge is 0.163 e. The monoisotopic (exact) mass is 347 g/mol. The molecule has 1 aliphatic heterocycles. The fourth-order valence-electron chi connectivity index (χ4n) is 3.32. The molecule has 0 radical (unpaired) electrons. The molecule has 2 aliphatic rings. The molecule has 1 saturated carbocycles. The van der Waals surface area contributed by atoms with Crippen molar-refractivity contribution >= 4 is 28.7 Å². The highest BCUT2D eigenvalue weighted by Crippen LogP contribution is 2.45. The molecule has 3 N–H and O–H groups in total. The summed E-state index contributed by atoms with van der Waals surface area (Å²) in [5, 5.41) is 2.04. The number of hydrogen-bond acceptors (Lipinski definition) is 5. The van der Waals surface area contributed by atoms with Gasteiger partial charge >= 0.3 is 0 Å². The highest BCUT2D eigenvalue weighted by molar-refractivity contribution is 7.10. The lowest BCUT2D eigenvalue weighted by atomic mass is 9.97. The lowest BCUT2D eigenvalue weighted by Crippen LogP contribution is -2.20. The topological polar surface area (TPSA) is 79.4 Å². The Morgan fingerprint density at radius 1 is 1.20 bits per heavy atom. The van der Waals surface area contributed by atoms with Gasteiger partial charge in [-0.3, -0.25) is 4.99 Å². The van der Waals surface area contributed by atoms with Crippen molar-refractivity contribution in [2.75, 3.05) is 0 Å². The molecule has 0 bridgehead atoms. The van der Waals surface area contributed by atoms with Crippen molar-refractivity contribution in [1.29, 1.82) is 0 Å². The molecule has 4 heterocycles. The van der Waals surface area contributed by atoms with Crippen LogP contribution >= 0.6 is 11.3 Å². The zero-order valence-electron chi connectivity index (χ0n) is 13.5. The summed E-state index contributed by atoms with van der Waals surface area (Å²) < 4.78 is 0. The van der Waals surface area contributed by atoms with E-state index in [4.69, 9.17) is 10.7 Å². The van der Waals surface area contributed by atoms with Gasteiger partial charge in [0.2, 0.25) is 0 Å². The standard InChI is InChI=1S/C19H17N5S/c20-18-17(14-2-1-9-25-14)23-16(12-5-7-21-10-12)15-13(11-3-4-11)6-8-22-19(15)24-18/h1-2,5-11,17,21H,3-4H2,(H2,20,22,24). The second kappa shape index (κ2) is 5.67. The Bertz CT molecular complexity index is 965. The van der Waals surface area contributed by atoms with Crippen LogP contribution in [0.15, 0.2) is 58.2 Å². The Morgan fingerprint density at radius 3 is 2.84 bits per heavy atom. The molecule has 1 aliphatic carbocycles. The number of nitrogens with one attached hydrogen (secondary N) is 1.